The molecule has 0 aromatic heterocycles. The molecule has 0 radical (unpaired) electrons. The number of benzene rings is 3. The third kappa shape index (κ3) is 8.48. The molecule has 0 atom stereocenters. The summed E-state index contributed by atoms with van der Waals surface area (Å²) in [4.78, 5) is 30.7. The van der Waals surface area contributed by atoms with Crippen molar-refractivity contribution in [3.8, 4) is 11.5 Å². The molecule has 3 aromatic rings. The molecule has 0 spiro atoms. The van der Waals surface area contributed by atoms with Gasteiger partial charge in [0.05, 0.1) is 12.0 Å². The molecule has 1 saturated heterocycles. The van der Waals surface area contributed by atoms with E-state index in [0.29, 0.717) is 37.7 Å². The number of ether oxygens (including phenoxy) is 2. The number of carboxylic acid groups (broad SMARTS) is 2. The van der Waals surface area contributed by atoms with Gasteiger partial charge in [0.15, 0.2) is 16.4 Å². The van der Waals surface area contributed by atoms with Crippen LogP contribution < -0.4 is 9.47 Å². The Hall–Kier alpha value is -4.53. The molecule has 0 bridgehead atoms. The van der Waals surface area contributed by atoms with Gasteiger partial charge in [-0.1, -0.05) is 48.5 Å². The summed E-state index contributed by atoms with van der Waals surface area (Å²) >= 11 is 0. The lowest BCUT2D eigenvalue weighted by atomic mass is 10.1. The van der Waals surface area contributed by atoms with Gasteiger partial charge in [-0.3, -0.25) is 15.0 Å². The third-order valence-corrected chi connectivity index (χ3v) is 8.01. The fourth-order valence-corrected chi connectivity index (χ4v) is 5.60. The first-order valence-corrected chi connectivity index (χ1v) is 13.7. The van der Waals surface area contributed by atoms with Gasteiger partial charge in [0.1, 0.15) is 6.61 Å². The molecule has 0 amide bonds. The summed E-state index contributed by atoms with van der Waals surface area (Å²) in [5.74, 6) is -2.36. The second-order valence-corrected chi connectivity index (χ2v) is 10.7. The van der Waals surface area contributed by atoms with Crippen LogP contribution in [0.3, 0.4) is 0 Å². The van der Waals surface area contributed by atoms with E-state index in [1.165, 1.54) is 28.6 Å². The summed E-state index contributed by atoms with van der Waals surface area (Å²) in [6.07, 6.45) is 0. The van der Waals surface area contributed by atoms with Crippen molar-refractivity contribution < 1.29 is 42.6 Å². The maximum atomic E-state index is 13.1. The van der Waals surface area contributed by atoms with Crippen LogP contribution in [0.4, 0.5) is 5.69 Å². The highest BCUT2D eigenvalue weighted by atomic mass is 32.2. The number of sulfonamides is 1. The Morgan fingerprint density at radius 3 is 2.07 bits per heavy atom. The van der Waals surface area contributed by atoms with Gasteiger partial charge in [0.25, 0.3) is 5.69 Å². The average Bonchev–Trinajstić information content (AvgIpc) is 2.97. The number of piperazine rings is 1. The zero-order valence-corrected chi connectivity index (χ0v) is 22.9. The van der Waals surface area contributed by atoms with E-state index in [1.54, 1.807) is 7.11 Å². The van der Waals surface area contributed by atoms with Crippen molar-refractivity contribution in [2.45, 2.75) is 18.0 Å². The molecular formula is C27H29N3O10S. The van der Waals surface area contributed by atoms with Gasteiger partial charge in [-0.05, 0) is 29.3 Å². The first-order chi connectivity index (χ1) is 19.5. The highest BCUT2D eigenvalue weighted by molar-refractivity contribution is 7.89. The number of nitro groups is 1. The number of aliphatic carboxylic acids is 2. The molecule has 3 aromatic carbocycles. The monoisotopic (exact) mass is 587 g/mol. The normalized spacial score (nSPS) is 13.9. The fraction of sp³-hybridized carbons (Fsp3) is 0.259. The fourth-order valence-electron chi connectivity index (χ4n) is 4.02. The Labute approximate surface area is 236 Å². The molecule has 13 nitrogen and oxygen atoms in total. The maximum absolute atomic E-state index is 13.1. The molecule has 41 heavy (non-hydrogen) atoms. The number of nitro benzene ring substituents is 1. The number of carboxylic acids is 2. The molecule has 0 aliphatic carbocycles. The van der Waals surface area contributed by atoms with Crippen molar-refractivity contribution in [3.05, 3.63) is 94.0 Å². The SMILES string of the molecule is COc1ccc(CN2CCN(S(=O)(=O)c3ccccc3[N+](=O)[O-])CC2)cc1OCc1ccccc1.O=C(O)C(=O)O. The molecule has 2 N–H and O–H groups in total. The third-order valence-electron chi connectivity index (χ3n) is 6.07. The lowest BCUT2D eigenvalue weighted by molar-refractivity contribution is -0.387. The number of nitrogens with zero attached hydrogens (tertiary/aromatic N) is 3. The first-order valence-electron chi connectivity index (χ1n) is 12.3. The van der Waals surface area contributed by atoms with Crippen LogP contribution in [0.5, 0.6) is 11.5 Å². The van der Waals surface area contributed by atoms with Crippen LogP contribution >= 0.6 is 0 Å². The van der Waals surface area contributed by atoms with Gasteiger partial charge >= 0.3 is 11.9 Å². The molecular weight excluding hydrogens is 558 g/mol. The predicted octanol–water partition coefficient (Wildman–Crippen LogP) is 2.84. The molecule has 1 fully saturated rings. The van der Waals surface area contributed by atoms with E-state index in [-0.39, 0.29) is 18.0 Å². The maximum Gasteiger partial charge on any atom is 0.414 e. The number of rotatable bonds is 9. The molecule has 1 aliphatic heterocycles. The minimum Gasteiger partial charge on any atom is -0.493 e. The number of hydrogen-bond donors (Lipinski definition) is 2. The summed E-state index contributed by atoms with van der Waals surface area (Å²) in [7, 11) is -2.36. The van der Waals surface area contributed by atoms with E-state index < -0.39 is 32.6 Å². The van der Waals surface area contributed by atoms with Crippen LogP contribution in [0.1, 0.15) is 11.1 Å². The first kappa shape index (κ1) is 31.0. The van der Waals surface area contributed by atoms with Crippen molar-refractivity contribution in [2.75, 3.05) is 33.3 Å². The summed E-state index contributed by atoms with van der Waals surface area (Å²) in [6.45, 7) is 2.55. The molecule has 1 aliphatic rings. The van der Waals surface area contributed by atoms with Gasteiger partial charge in [-0.15, -0.1) is 0 Å². The summed E-state index contributed by atoms with van der Waals surface area (Å²) < 4.78 is 38.9. The lowest BCUT2D eigenvalue weighted by Gasteiger charge is -2.34. The minimum absolute atomic E-state index is 0.252. The number of hydrogen-bond acceptors (Lipinski definition) is 9. The van der Waals surface area contributed by atoms with E-state index in [9.17, 15) is 18.5 Å². The summed E-state index contributed by atoms with van der Waals surface area (Å²) in [6, 6.07) is 21.1. The van der Waals surface area contributed by atoms with Crippen LogP contribution in [-0.2, 0) is 32.8 Å². The van der Waals surface area contributed by atoms with Gasteiger partial charge in [0, 0.05) is 38.8 Å². The van der Waals surface area contributed by atoms with Crippen molar-refractivity contribution in [3.63, 3.8) is 0 Å². The smallest absolute Gasteiger partial charge is 0.414 e. The van der Waals surface area contributed by atoms with E-state index in [1.807, 2.05) is 48.5 Å². The lowest BCUT2D eigenvalue weighted by Crippen LogP contribution is -2.48. The van der Waals surface area contributed by atoms with Crippen molar-refractivity contribution >= 4 is 27.6 Å². The van der Waals surface area contributed by atoms with Crippen LogP contribution in [0.25, 0.3) is 0 Å². The van der Waals surface area contributed by atoms with Crippen LogP contribution in [0.15, 0.2) is 77.7 Å². The molecule has 14 heteroatoms. The molecule has 0 saturated carbocycles. The van der Waals surface area contributed by atoms with E-state index >= 15 is 0 Å². The van der Waals surface area contributed by atoms with Crippen LogP contribution in [0, 0.1) is 10.1 Å². The number of para-hydroxylation sites is 1. The molecule has 0 unspecified atom stereocenters. The highest BCUT2D eigenvalue weighted by Crippen LogP contribution is 2.30. The van der Waals surface area contributed by atoms with Gasteiger partial charge in [-0.25, -0.2) is 18.0 Å². The zero-order valence-electron chi connectivity index (χ0n) is 22.1. The summed E-state index contributed by atoms with van der Waals surface area (Å²) in [5, 5.41) is 26.1. The van der Waals surface area contributed by atoms with E-state index in [0.717, 1.165) is 11.1 Å². The Bertz CT molecular complexity index is 1460. The molecule has 218 valence electrons. The summed E-state index contributed by atoms with van der Waals surface area (Å²) in [5.41, 5.74) is 1.66. The second kappa shape index (κ2) is 14.2. The van der Waals surface area contributed by atoms with Crippen LogP contribution in [0.2, 0.25) is 0 Å². The Balaban J connectivity index is 0.000000696. The Morgan fingerprint density at radius 2 is 1.49 bits per heavy atom. The largest absolute Gasteiger partial charge is 0.493 e. The quantitative estimate of drug-likeness (QED) is 0.214. The van der Waals surface area contributed by atoms with Crippen molar-refractivity contribution in [1.82, 2.24) is 9.21 Å². The van der Waals surface area contributed by atoms with Gasteiger partial charge in [-0.2, -0.15) is 4.31 Å². The Morgan fingerprint density at radius 1 is 0.878 bits per heavy atom. The van der Waals surface area contributed by atoms with Crippen molar-refractivity contribution in [1.29, 1.82) is 0 Å². The van der Waals surface area contributed by atoms with E-state index in [4.69, 9.17) is 29.3 Å². The second-order valence-electron chi connectivity index (χ2n) is 8.77. The standard InChI is InChI=1S/C25H27N3O6S.C2H2O4/c1-33-23-12-11-21(17-24(23)34-19-20-7-3-2-4-8-20)18-26-13-15-27(16-14-26)35(31,32)25-10-6-5-9-22(25)28(29)30;3-1(4)2(5)6/h2-12,17H,13-16,18-19H2,1H3;(H,3,4)(H,5,6). The number of methoxy groups -OCH3 is 1. The minimum atomic E-state index is -3.95. The molecule has 4 rings (SSSR count). The van der Waals surface area contributed by atoms with E-state index in [2.05, 4.69) is 4.90 Å². The zero-order chi connectivity index (χ0) is 30.0. The number of carbonyl (C=O) groups is 2. The average molecular weight is 588 g/mol. The highest BCUT2D eigenvalue weighted by Gasteiger charge is 2.33. The predicted molar refractivity (Wildman–Crippen MR) is 146 cm³/mol. The van der Waals surface area contributed by atoms with Crippen LogP contribution in [-0.4, -0.2) is 78.0 Å². The Kier molecular flexibility index (Phi) is 10.7. The molecule has 1 heterocycles. The van der Waals surface area contributed by atoms with Gasteiger partial charge < -0.3 is 19.7 Å². The topological polar surface area (TPSA) is 177 Å². The van der Waals surface area contributed by atoms with Crippen molar-refractivity contribution in [2.24, 2.45) is 0 Å². The van der Waals surface area contributed by atoms with Gasteiger partial charge in [0.2, 0.25) is 10.0 Å².